The molecule has 0 aliphatic carbocycles. The summed E-state index contributed by atoms with van der Waals surface area (Å²) in [6.45, 7) is 2.89. The van der Waals surface area contributed by atoms with Crippen LogP contribution in [0.15, 0.2) is 70.7 Å². The van der Waals surface area contributed by atoms with Crippen molar-refractivity contribution in [3.05, 3.63) is 67.1 Å². The highest BCUT2D eigenvalue weighted by Gasteiger charge is 2.20. The number of aliphatic imine (C=N–C) groups is 1. The van der Waals surface area contributed by atoms with Gasteiger partial charge in [-0.25, -0.2) is 24.1 Å². The first kappa shape index (κ1) is 22.3. The molecular weight excluding hydrogens is 451 g/mol. The van der Waals surface area contributed by atoms with E-state index in [0.717, 1.165) is 18.4 Å². The second-order valence-corrected chi connectivity index (χ2v) is 7.82. The third kappa shape index (κ3) is 4.74. The van der Waals surface area contributed by atoms with Crippen molar-refractivity contribution >= 4 is 23.7 Å². The average Bonchev–Trinajstić information content (AvgIpc) is 3.47. The van der Waals surface area contributed by atoms with Crippen LogP contribution in [-0.4, -0.2) is 49.3 Å². The molecule has 0 radical (unpaired) electrons. The van der Waals surface area contributed by atoms with Crippen LogP contribution in [0.1, 0.15) is 19.8 Å². The van der Waals surface area contributed by atoms with Crippen LogP contribution in [0.25, 0.3) is 28.5 Å². The molecule has 35 heavy (non-hydrogen) atoms. The van der Waals surface area contributed by atoms with Crippen LogP contribution in [0.3, 0.4) is 0 Å². The minimum atomic E-state index is -0.329. The van der Waals surface area contributed by atoms with E-state index < -0.39 is 0 Å². The molecule has 0 spiro atoms. The van der Waals surface area contributed by atoms with E-state index in [1.807, 2.05) is 0 Å². The lowest BCUT2D eigenvalue weighted by atomic mass is 10.1. The maximum Gasteiger partial charge on any atom is 0.322 e. The van der Waals surface area contributed by atoms with Gasteiger partial charge in [-0.05, 0) is 42.8 Å². The summed E-state index contributed by atoms with van der Waals surface area (Å²) in [5.41, 5.74) is 2.61. The average molecular weight is 475 g/mol. The predicted octanol–water partition coefficient (Wildman–Crippen LogP) is 4.30. The molecule has 4 aromatic rings. The molecule has 0 saturated carbocycles. The number of imidazole rings is 1. The maximum absolute atomic E-state index is 13.5. The minimum absolute atomic E-state index is 0.184. The van der Waals surface area contributed by atoms with Gasteiger partial charge in [0, 0.05) is 30.7 Å². The Labute approximate surface area is 200 Å². The molecule has 178 valence electrons. The SMILES string of the molecule is CCCCNC(=O)N1C=CC(Nc2nccc(-c3c(-c4ccc(F)cc4)nc4occn34)n2)=NC1. The summed E-state index contributed by atoms with van der Waals surface area (Å²) < 4.78 is 20.7. The van der Waals surface area contributed by atoms with Crippen LogP contribution in [0.4, 0.5) is 15.1 Å². The van der Waals surface area contributed by atoms with E-state index in [1.54, 1.807) is 47.3 Å². The number of urea groups is 1. The Morgan fingerprint density at radius 1 is 1.20 bits per heavy atom. The van der Waals surface area contributed by atoms with E-state index >= 15 is 0 Å². The molecule has 0 saturated heterocycles. The van der Waals surface area contributed by atoms with E-state index in [9.17, 15) is 9.18 Å². The fraction of sp³-hybridized carbons (Fsp3) is 0.208. The predicted molar refractivity (Wildman–Crippen MR) is 129 cm³/mol. The third-order valence-corrected chi connectivity index (χ3v) is 5.39. The molecule has 4 heterocycles. The van der Waals surface area contributed by atoms with Gasteiger partial charge in [-0.2, -0.15) is 4.98 Å². The number of aromatic nitrogens is 4. The van der Waals surface area contributed by atoms with E-state index in [0.29, 0.717) is 41.3 Å². The second kappa shape index (κ2) is 9.75. The fourth-order valence-corrected chi connectivity index (χ4v) is 3.60. The molecule has 5 rings (SSSR count). The first-order chi connectivity index (χ1) is 17.1. The highest BCUT2D eigenvalue weighted by Crippen LogP contribution is 2.32. The summed E-state index contributed by atoms with van der Waals surface area (Å²) in [6, 6.07) is 7.66. The number of amides is 2. The molecule has 0 atom stereocenters. The lowest BCUT2D eigenvalue weighted by molar-refractivity contribution is 0.216. The summed E-state index contributed by atoms with van der Waals surface area (Å²) in [5.74, 6) is 0.921. The summed E-state index contributed by atoms with van der Waals surface area (Å²) in [4.78, 5) is 31.6. The number of unbranched alkanes of at least 4 members (excludes halogenated alkanes) is 1. The second-order valence-electron chi connectivity index (χ2n) is 7.82. The van der Waals surface area contributed by atoms with Crippen LogP contribution in [0, 0.1) is 5.82 Å². The maximum atomic E-state index is 13.5. The van der Waals surface area contributed by atoms with Gasteiger partial charge in [0.2, 0.25) is 5.95 Å². The Morgan fingerprint density at radius 2 is 2.06 bits per heavy atom. The van der Waals surface area contributed by atoms with Gasteiger partial charge >= 0.3 is 11.9 Å². The Balaban J connectivity index is 1.37. The molecule has 0 fully saturated rings. The van der Waals surface area contributed by atoms with Crippen molar-refractivity contribution in [2.45, 2.75) is 19.8 Å². The summed E-state index contributed by atoms with van der Waals surface area (Å²) >= 11 is 0. The summed E-state index contributed by atoms with van der Waals surface area (Å²) in [6.07, 6.45) is 10.2. The molecule has 2 amide bonds. The number of rotatable bonds is 6. The topological polar surface area (TPSA) is 113 Å². The van der Waals surface area contributed by atoms with Crippen LogP contribution >= 0.6 is 0 Å². The Bertz CT molecular complexity index is 1410. The Morgan fingerprint density at radius 3 is 2.83 bits per heavy atom. The van der Waals surface area contributed by atoms with Crippen molar-refractivity contribution in [1.82, 2.24) is 29.6 Å². The number of fused-ring (bicyclic) bond motifs is 1. The minimum Gasteiger partial charge on any atom is -0.432 e. The van der Waals surface area contributed by atoms with E-state index in [-0.39, 0.29) is 18.5 Å². The number of halogens is 1. The zero-order valence-corrected chi connectivity index (χ0v) is 19.0. The van der Waals surface area contributed by atoms with Crippen LogP contribution < -0.4 is 10.6 Å². The van der Waals surface area contributed by atoms with E-state index in [1.165, 1.54) is 23.3 Å². The van der Waals surface area contributed by atoms with Crippen LogP contribution in [0.5, 0.6) is 0 Å². The highest BCUT2D eigenvalue weighted by molar-refractivity contribution is 6.03. The largest absolute Gasteiger partial charge is 0.432 e. The van der Waals surface area contributed by atoms with Gasteiger partial charge < -0.3 is 15.1 Å². The van der Waals surface area contributed by atoms with Gasteiger partial charge in [-0.3, -0.25) is 9.30 Å². The highest BCUT2D eigenvalue weighted by atomic mass is 19.1. The molecule has 11 heteroatoms. The molecule has 3 aromatic heterocycles. The number of amidine groups is 1. The zero-order chi connectivity index (χ0) is 24.2. The lowest BCUT2D eigenvalue weighted by Crippen LogP contribution is -2.39. The molecule has 1 aliphatic heterocycles. The molecule has 10 nitrogen and oxygen atoms in total. The van der Waals surface area contributed by atoms with Gasteiger partial charge in [-0.15, -0.1) is 0 Å². The normalized spacial score (nSPS) is 13.2. The standard InChI is InChI=1S/C24H23FN8O2/c1-2-3-10-27-23(34)32-12-9-19(28-15-32)30-22-26-11-8-18(29-22)21-20(16-4-6-17(25)7-5-16)31-24-33(21)13-14-35-24/h4-9,11-14H,2-3,10,15H2,1H3,(H,27,34)(H,26,28,29,30). The van der Waals surface area contributed by atoms with Gasteiger partial charge in [0.1, 0.15) is 36.0 Å². The number of carbonyl (C=O) groups is 1. The quantitative estimate of drug-likeness (QED) is 0.403. The van der Waals surface area contributed by atoms with Crippen molar-refractivity contribution in [2.24, 2.45) is 4.99 Å². The summed E-state index contributed by atoms with van der Waals surface area (Å²) in [7, 11) is 0. The van der Waals surface area contributed by atoms with Crippen molar-refractivity contribution in [3.8, 4) is 22.6 Å². The number of hydrogen-bond acceptors (Lipinski definition) is 7. The molecule has 0 bridgehead atoms. The third-order valence-electron chi connectivity index (χ3n) is 5.39. The number of hydrogen-bond donors (Lipinski definition) is 2. The van der Waals surface area contributed by atoms with Crippen LogP contribution in [-0.2, 0) is 0 Å². The Hall–Kier alpha value is -4.54. The number of benzene rings is 1. The monoisotopic (exact) mass is 474 g/mol. The van der Waals surface area contributed by atoms with Crippen molar-refractivity contribution < 1.29 is 13.6 Å². The number of carbonyl (C=O) groups excluding carboxylic acids is 1. The van der Waals surface area contributed by atoms with E-state index in [4.69, 9.17) is 4.42 Å². The Kier molecular flexibility index (Phi) is 6.20. The first-order valence-electron chi connectivity index (χ1n) is 11.2. The molecular formula is C24H23FN8O2. The van der Waals surface area contributed by atoms with Crippen LogP contribution in [0.2, 0.25) is 0 Å². The van der Waals surface area contributed by atoms with Gasteiger partial charge in [-0.1, -0.05) is 13.3 Å². The lowest BCUT2D eigenvalue weighted by Gasteiger charge is -2.20. The molecule has 2 N–H and O–H groups in total. The van der Waals surface area contributed by atoms with Crippen molar-refractivity contribution in [3.63, 3.8) is 0 Å². The smallest absolute Gasteiger partial charge is 0.322 e. The number of nitrogens with one attached hydrogen (secondary N) is 2. The van der Waals surface area contributed by atoms with Crippen molar-refractivity contribution in [1.29, 1.82) is 0 Å². The summed E-state index contributed by atoms with van der Waals surface area (Å²) in [5, 5.41) is 5.94. The molecule has 0 unspecified atom stereocenters. The van der Waals surface area contributed by atoms with Gasteiger partial charge in [0.15, 0.2) is 0 Å². The van der Waals surface area contributed by atoms with Gasteiger partial charge in [0.25, 0.3) is 0 Å². The fourth-order valence-electron chi connectivity index (χ4n) is 3.60. The van der Waals surface area contributed by atoms with Gasteiger partial charge in [0.05, 0.1) is 5.69 Å². The number of anilines is 1. The number of oxazole rings is 1. The zero-order valence-electron chi connectivity index (χ0n) is 19.0. The number of nitrogens with zero attached hydrogens (tertiary/aromatic N) is 6. The first-order valence-corrected chi connectivity index (χ1v) is 11.2. The molecule has 1 aliphatic rings. The van der Waals surface area contributed by atoms with E-state index in [2.05, 4.69) is 37.5 Å². The molecule has 1 aromatic carbocycles. The van der Waals surface area contributed by atoms with Crippen molar-refractivity contribution in [2.75, 3.05) is 18.5 Å².